The van der Waals surface area contributed by atoms with Crippen LogP contribution in [0.15, 0.2) is 66.8 Å². The molecule has 0 aromatic heterocycles. The number of para-hydroxylation sites is 1. The molecule has 0 saturated carbocycles. The minimum absolute atomic E-state index is 0.119. The molecule has 0 radical (unpaired) electrons. The number of aliphatic hydroxyl groups excluding tert-OH is 1. The molecular weight excluding hydrogens is 594 g/mol. The molecule has 1 spiro atoms. The quantitative estimate of drug-likeness (QED) is 0.429. The van der Waals surface area contributed by atoms with Gasteiger partial charge < -0.3 is 29.3 Å². The van der Waals surface area contributed by atoms with Crippen molar-refractivity contribution in [2.24, 2.45) is 17.8 Å². The Balaban J connectivity index is 1.46. The third-order valence-corrected chi connectivity index (χ3v) is 10.2. The lowest BCUT2D eigenvalue weighted by molar-refractivity contribution is -0.145. The van der Waals surface area contributed by atoms with Crippen molar-refractivity contribution in [1.29, 1.82) is 0 Å². The molecule has 45 heavy (non-hydrogen) atoms. The van der Waals surface area contributed by atoms with Crippen LogP contribution in [0.5, 0.6) is 5.75 Å². The third kappa shape index (κ3) is 4.96. The van der Waals surface area contributed by atoms with Gasteiger partial charge in [0.15, 0.2) is 0 Å². The van der Waals surface area contributed by atoms with Crippen molar-refractivity contribution in [2.75, 3.05) is 36.1 Å². The van der Waals surface area contributed by atoms with E-state index in [1.165, 1.54) is 4.90 Å². The number of ether oxygens (including phenoxy) is 2. The van der Waals surface area contributed by atoms with Crippen LogP contribution in [0.2, 0.25) is 5.02 Å². The number of likely N-dealkylation sites (tertiary alicyclic amines) is 1. The molecule has 1 unspecified atom stereocenters. The SMILES string of the molecule is CCOc1ccc(N2CC=C[C@@H]3O[C@]45C=CCN(c6c(C)cccc6Cl)C(=O)C4N([C@@H](CO)[C@@H](C)CC)C(=O)[C@@H]5[C@@H]3C2=O)cc1. The van der Waals surface area contributed by atoms with Gasteiger partial charge in [-0.1, -0.05) is 68.3 Å². The van der Waals surface area contributed by atoms with Crippen LogP contribution in [0.4, 0.5) is 11.4 Å². The molecule has 2 aromatic rings. The molecule has 0 aliphatic carbocycles. The van der Waals surface area contributed by atoms with E-state index in [4.69, 9.17) is 21.1 Å². The van der Waals surface area contributed by atoms with Crippen molar-refractivity contribution < 1.29 is 29.0 Å². The number of hydrogen-bond donors (Lipinski definition) is 1. The number of benzene rings is 2. The van der Waals surface area contributed by atoms with Gasteiger partial charge in [-0.05, 0) is 55.7 Å². The zero-order chi connectivity index (χ0) is 32.0. The third-order valence-electron chi connectivity index (χ3n) is 9.86. The monoisotopic (exact) mass is 633 g/mol. The first-order valence-corrected chi connectivity index (χ1v) is 16.1. The van der Waals surface area contributed by atoms with Gasteiger partial charge in [-0.3, -0.25) is 14.4 Å². The Morgan fingerprint density at radius 1 is 1.02 bits per heavy atom. The van der Waals surface area contributed by atoms with Crippen LogP contribution in [0.3, 0.4) is 0 Å². The second-order valence-corrected chi connectivity index (χ2v) is 12.7. The van der Waals surface area contributed by atoms with Crippen molar-refractivity contribution in [3.05, 3.63) is 77.4 Å². The van der Waals surface area contributed by atoms with Crippen molar-refractivity contribution in [2.45, 2.75) is 57.9 Å². The zero-order valence-electron chi connectivity index (χ0n) is 26.1. The highest BCUT2D eigenvalue weighted by Crippen LogP contribution is 2.55. The molecule has 2 fully saturated rings. The van der Waals surface area contributed by atoms with Crippen molar-refractivity contribution >= 4 is 40.7 Å². The lowest BCUT2D eigenvalue weighted by atomic mass is 9.77. The lowest BCUT2D eigenvalue weighted by Gasteiger charge is -2.40. The molecule has 2 aromatic carbocycles. The normalized spacial score (nSPS) is 28.8. The highest BCUT2D eigenvalue weighted by atomic mass is 35.5. The Morgan fingerprint density at radius 2 is 1.76 bits per heavy atom. The van der Waals surface area contributed by atoms with E-state index in [2.05, 4.69) is 0 Å². The number of amides is 3. The van der Waals surface area contributed by atoms with Crippen molar-refractivity contribution in [1.82, 2.24) is 4.90 Å². The number of aryl methyl sites for hydroxylation is 1. The zero-order valence-corrected chi connectivity index (χ0v) is 26.8. The molecule has 1 N–H and O–H groups in total. The summed E-state index contributed by atoms with van der Waals surface area (Å²) in [5.41, 5.74) is 0.635. The Morgan fingerprint density at radius 3 is 2.42 bits per heavy atom. The molecule has 2 saturated heterocycles. The number of fused-ring (bicyclic) bond motifs is 2. The summed E-state index contributed by atoms with van der Waals surface area (Å²) in [6.07, 6.45) is 7.33. The van der Waals surface area contributed by atoms with E-state index in [1.807, 2.05) is 88.4 Å². The number of carbonyl (C=O) groups excluding carboxylic acids is 3. The smallest absolute Gasteiger partial charge is 0.253 e. The molecule has 0 bridgehead atoms. The van der Waals surface area contributed by atoms with E-state index >= 15 is 0 Å². The average Bonchev–Trinajstić information content (AvgIpc) is 3.34. The van der Waals surface area contributed by atoms with Crippen LogP contribution in [-0.2, 0) is 19.1 Å². The first-order chi connectivity index (χ1) is 21.7. The molecule has 6 rings (SSSR count). The van der Waals surface area contributed by atoms with E-state index in [1.54, 1.807) is 15.9 Å². The highest BCUT2D eigenvalue weighted by molar-refractivity contribution is 6.34. The lowest BCUT2D eigenvalue weighted by Crippen LogP contribution is -2.59. The summed E-state index contributed by atoms with van der Waals surface area (Å²) in [6, 6.07) is 11.0. The van der Waals surface area contributed by atoms with Gasteiger partial charge in [0.05, 0.1) is 47.9 Å². The fourth-order valence-electron chi connectivity index (χ4n) is 7.53. The van der Waals surface area contributed by atoms with E-state index in [-0.39, 0.29) is 36.8 Å². The largest absolute Gasteiger partial charge is 0.494 e. The number of carbonyl (C=O) groups is 3. The van der Waals surface area contributed by atoms with Crippen LogP contribution >= 0.6 is 11.6 Å². The van der Waals surface area contributed by atoms with Crippen LogP contribution in [-0.4, -0.2) is 77.8 Å². The molecule has 10 heteroatoms. The summed E-state index contributed by atoms with van der Waals surface area (Å²) in [6.45, 7) is 8.46. The number of anilines is 2. The summed E-state index contributed by atoms with van der Waals surface area (Å²) in [4.78, 5) is 48.9. The standard InChI is InChI=1S/C35H40ClN3O6/c1-5-21(3)26(20-40)39-31-34(43)38(30-22(4)10-7-11-25(30)36)19-9-17-35(31)29(33(39)42)28-27(45-35)12-8-18-37(32(28)41)23-13-15-24(16-14-23)44-6-2/h7-17,21,26-29,31,40H,5-6,18-20H2,1-4H3/t21-,26-,27-,28+,29-,31?,35-/m0/s1. The summed E-state index contributed by atoms with van der Waals surface area (Å²) >= 11 is 6.66. The van der Waals surface area contributed by atoms with Gasteiger partial charge in [0.25, 0.3) is 5.91 Å². The maximum atomic E-state index is 14.8. The fraction of sp³-hybridized carbons (Fsp3) is 0.457. The van der Waals surface area contributed by atoms with Gasteiger partial charge >= 0.3 is 0 Å². The minimum atomic E-state index is -1.42. The van der Waals surface area contributed by atoms with Crippen LogP contribution in [0, 0.1) is 24.7 Å². The number of hydrogen-bond acceptors (Lipinski definition) is 6. The minimum Gasteiger partial charge on any atom is -0.494 e. The Labute approximate surface area is 269 Å². The van der Waals surface area contributed by atoms with Gasteiger partial charge in [-0.15, -0.1) is 0 Å². The second-order valence-electron chi connectivity index (χ2n) is 12.3. The molecule has 4 heterocycles. The average molecular weight is 634 g/mol. The fourth-order valence-corrected chi connectivity index (χ4v) is 7.86. The first kappa shape index (κ1) is 31.3. The Bertz CT molecular complexity index is 1520. The maximum Gasteiger partial charge on any atom is 0.253 e. The summed E-state index contributed by atoms with van der Waals surface area (Å²) in [7, 11) is 0. The topological polar surface area (TPSA) is 99.6 Å². The van der Waals surface area contributed by atoms with Crippen molar-refractivity contribution in [3.63, 3.8) is 0 Å². The van der Waals surface area contributed by atoms with Gasteiger partial charge in [0, 0.05) is 18.8 Å². The Hall–Kier alpha value is -3.66. The molecule has 238 valence electrons. The van der Waals surface area contributed by atoms with Crippen LogP contribution in [0.1, 0.15) is 32.8 Å². The molecular formula is C35H40ClN3O6. The second kappa shape index (κ2) is 12.3. The number of rotatable bonds is 8. The van der Waals surface area contributed by atoms with Crippen LogP contribution < -0.4 is 14.5 Å². The van der Waals surface area contributed by atoms with Crippen LogP contribution in [0.25, 0.3) is 0 Å². The van der Waals surface area contributed by atoms with Gasteiger partial charge in [-0.25, -0.2) is 0 Å². The van der Waals surface area contributed by atoms with Gasteiger partial charge in [-0.2, -0.15) is 0 Å². The first-order valence-electron chi connectivity index (χ1n) is 15.7. The Kier molecular flexibility index (Phi) is 8.54. The number of nitrogens with zero attached hydrogens (tertiary/aromatic N) is 3. The predicted octanol–water partition coefficient (Wildman–Crippen LogP) is 4.54. The van der Waals surface area contributed by atoms with E-state index in [0.29, 0.717) is 41.7 Å². The van der Waals surface area contributed by atoms with E-state index in [9.17, 15) is 19.5 Å². The van der Waals surface area contributed by atoms with Gasteiger partial charge in [0.1, 0.15) is 17.4 Å². The van der Waals surface area contributed by atoms with Crippen molar-refractivity contribution in [3.8, 4) is 5.75 Å². The molecule has 4 aliphatic rings. The molecule has 4 aliphatic heterocycles. The number of aliphatic hydroxyl groups is 1. The summed E-state index contributed by atoms with van der Waals surface area (Å²) in [5, 5.41) is 11.1. The molecule has 9 nitrogen and oxygen atoms in total. The summed E-state index contributed by atoms with van der Waals surface area (Å²) < 4.78 is 12.4. The predicted molar refractivity (Wildman–Crippen MR) is 172 cm³/mol. The highest BCUT2D eigenvalue weighted by Gasteiger charge is 2.73. The molecule has 3 amide bonds. The van der Waals surface area contributed by atoms with E-state index in [0.717, 1.165) is 5.56 Å². The number of halogens is 1. The van der Waals surface area contributed by atoms with Gasteiger partial charge in [0.2, 0.25) is 11.8 Å². The van der Waals surface area contributed by atoms with E-state index < -0.39 is 35.6 Å². The molecule has 7 atom stereocenters. The summed E-state index contributed by atoms with van der Waals surface area (Å²) in [5.74, 6) is -2.24. The maximum absolute atomic E-state index is 14.8.